The van der Waals surface area contributed by atoms with Gasteiger partial charge < -0.3 is 25.7 Å². The predicted molar refractivity (Wildman–Crippen MR) is 86.4 cm³/mol. The normalized spacial score (nSPS) is 13.4. The summed E-state index contributed by atoms with van der Waals surface area (Å²) in [4.78, 5) is 12.0. The van der Waals surface area contributed by atoms with Gasteiger partial charge in [-0.3, -0.25) is 0 Å². The van der Waals surface area contributed by atoms with Gasteiger partial charge >= 0.3 is 5.97 Å². The number of nitrogens with zero attached hydrogens (tertiary/aromatic N) is 2. The summed E-state index contributed by atoms with van der Waals surface area (Å²) >= 11 is 0. The molecular weight excluding hydrogens is 294 g/mol. The Labute approximate surface area is 133 Å². The maximum absolute atomic E-state index is 12.0. The van der Waals surface area contributed by atoms with E-state index in [1.54, 1.807) is 10.8 Å². The zero-order valence-corrected chi connectivity index (χ0v) is 12.7. The van der Waals surface area contributed by atoms with Gasteiger partial charge in [-0.1, -0.05) is 6.07 Å². The number of methoxy groups -OCH3 is 1. The van der Waals surface area contributed by atoms with Crippen LogP contribution in [0.3, 0.4) is 0 Å². The molecule has 0 atom stereocenters. The molecule has 1 aliphatic heterocycles. The van der Waals surface area contributed by atoms with Crippen molar-refractivity contribution in [3.05, 3.63) is 41.2 Å². The molecule has 1 aromatic heterocycles. The highest BCUT2D eigenvalue weighted by Crippen LogP contribution is 2.27. The van der Waals surface area contributed by atoms with Crippen LogP contribution in [-0.4, -0.2) is 30.7 Å². The van der Waals surface area contributed by atoms with E-state index in [0.29, 0.717) is 0 Å². The third-order valence-electron chi connectivity index (χ3n) is 3.85. The third kappa shape index (κ3) is 2.60. The minimum Gasteiger partial charge on any atom is -0.464 e. The number of nitrogen functional groups attached to an aromatic ring is 1. The van der Waals surface area contributed by atoms with Crippen LogP contribution in [0.1, 0.15) is 21.6 Å². The quantitative estimate of drug-likeness (QED) is 0.721. The fraction of sp³-hybridized carbons (Fsp3) is 0.250. The topological polar surface area (TPSA) is 105 Å². The number of carbonyl (C=O) groups excluding carboxylic acids is 1. The largest absolute Gasteiger partial charge is 0.464 e. The minimum atomic E-state index is -0.575. The monoisotopic (exact) mass is 311 g/mol. The second-order valence-electron chi connectivity index (χ2n) is 5.22. The van der Waals surface area contributed by atoms with Crippen LogP contribution in [0.15, 0.2) is 24.4 Å². The number of aromatic nitrogens is 1. The van der Waals surface area contributed by atoms with E-state index >= 15 is 0 Å². The Balaban J connectivity index is 2.13. The van der Waals surface area contributed by atoms with Crippen LogP contribution < -0.4 is 16.4 Å². The molecule has 0 radical (unpaired) electrons. The minimum absolute atomic E-state index is 0.129. The van der Waals surface area contributed by atoms with Gasteiger partial charge in [-0.25, -0.2) is 4.79 Å². The summed E-state index contributed by atoms with van der Waals surface area (Å²) in [5, 5.41) is 15.8. The van der Waals surface area contributed by atoms with Gasteiger partial charge in [-0.05, 0) is 17.7 Å². The summed E-state index contributed by atoms with van der Waals surface area (Å²) in [7, 11) is 1.29. The smallest absolute Gasteiger partial charge is 0.357 e. The molecule has 2 heterocycles. The number of carbonyl (C=O) groups is 1. The molecule has 118 valence electrons. The van der Waals surface area contributed by atoms with Crippen LogP contribution in [0.5, 0.6) is 0 Å². The van der Waals surface area contributed by atoms with E-state index in [1.807, 2.05) is 24.3 Å². The van der Waals surface area contributed by atoms with E-state index in [2.05, 4.69) is 10.6 Å². The molecule has 1 aromatic carbocycles. The molecule has 0 aliphatic carbocycles. The van der Waals surface area contributed by atoms with Crippen LogP contribution in [0.4, 0.5) is 11.4 Å². The molecule has 3 rings (SSSR count). The maximum Gasteiger partial charge on any atom is 0.357 e. The number of hydrogen-bond acceptors (Lipinski definition) is 6. The summed E-state index contributed by atoms with van der Waals surface area (Å²) in [5.74, 6) is -0.575. The van der Waals surface area contributed by atoms with E-state index in [9.17, 15) is 10.1 Å². The van der Waals surface area contributed by atoms with Crippen LogP contribution >= 0.6 is 0 Å². The standard InChI is InChI=1S/C16H17N5O2/c1-23-16(22)15-14(18)11(7-17)9-21(15)12-3-2-10-8-19-4-5-20-13(10)6-12/h2-3,6,9,19-20H,4-5,8,18H2,1H3. The number of esters is 1. The van der Waals surface area contributed by atoms with Gasteiger partial charge in [0.25, 0.3) is 0 Å². The molecule has 0 spiro atoms. The van der Waals surface area contributed by atoms with Crippen LogP contribution in [-0.2, 0) is 11.3 Å². The van der Waals surface area contributed by atoms with E-state index in [0.717, 1.165) is 36.6 Å². The fourth-order valence-corrected chi connectivity index (χ4v) is 2.66. The van der Waals surface area contributed by atoms with Gasteiger partial charge in [0.1, 0.15) is 6.07 Å². The Morgan fingerprint density at radius 2 is 2.26 bits per heavy atom. The van der Waals surface area contributed by atoms with Crippen molar-refractivity contribution in [1.82, 2.24) is 9.88 Å². The highest BCUT2D eigenvalue weighted by Gasteiger charge is 2.22. The Bertz CT molecular complexity index is 804. The first-order valence-corrected chi connectivity index (χ1v) is 7.23. The van der Waals surface area contributed by atoms with Crippen molar-refractivity contribution in [2.75, 3.05) is 31.2 Å². The third-order valence-corrected chi connectivity index (χ3v) is 3.85. The van der Waals surface area contributed by atoms with Crippen molar-refractivity contribution >= 4 is 17.3 Å². The van der Waals surface area contributed by atoms with Crippen molar-refractivity contribution in [1.29, 1.82) is 5.26 Å². The molecule has 1 aliphatic rings. The second kappa shape index (κ2) is 6.02. The molecular formula is C16H17N5O2. The van der Waals surface area contributed by atoms with Gasteiger partial charge in [0.05, 0.1) is 18.4 Å². The number of hydrogen-bond donors (Lipinski definition) is 3. The van der Waals surface area contributed by atoms with E-state index in [4.69, 9.17) is 10.5 Å². The van der Waals surface area contributed by atoms with Crippen molar-refractivity contribution in [3.63, 3.8) is 0 Å². The van der Waals surface area contributed by atoms with Crippen LogP contribution in [0.25, 0.3) is 5.69 Å². The highest BCUT2D eigenvalue weighted by molar-refractivity contribution is 5.96. The average Bonchev–Trinajstić information content (AvgIpc) is 2.75. The van der Waals surface area contributed by atoms with Crippen molar-refractivity contribution < 1.29 is 9.53 Å². The van der Waals surface area contributed by atoms with Gasteiger partial charge in [-0.15, -0.1) is 0 Å². The highest BCUT2D eigenvalue weighted by atomic mass is 16.5. The van der Waals surface area contributed by atoms with Crippen molar-refractivity contribution in [2.45, 2.75) is 6.54 Å². The number of rotatable bonds is 2. The molecule has 7 nitrogen and oxygen atoms in total. The molecule has 0 fully saturated rings. The number of fused-ring (bicyclic) bond motifs is 1. The lowest BCUT2D eigenvalue weighted by Crippen LogP contribution is -2.16. The number of benzene rings is 1. The Morgan fingerprint density at radius 3 is 3.00 bits per heavy atom. The average molecular weight is 311 g/mol. The summed E-state index contributed by atoms with van der Waals surface area (Å²) in [5.41, 5.74) is 9.34. The molecule has 0 saturated carbocycles. The lowest BCUT2D eigenvalue weighted by atomic mass is 10.1. The van der Waals surface area contributed by atoms with E-state index < -0.39 is 5.97 Å². The van der Waals surface area contributed by atoms with Crippen molar-refractivity contribution in [2.24, 2.45) is 0 Å². The summed E-state index contributed by atoms with van der Waals surface area (Å²) in [6.07, 6.45) is 1.55. The zero-order chi connectivity index (χ0) is 16.4. The van der Waals surface area contributed by atoms with Crippen molar-refractivity contribution in [3.8, 4) is 11.8 Å². The molecule has 0 unspecified atom stereocenters. The van der Waals surface area contributed by atoms with Gasteiger partial charge in [-0.2, -0.15) is 5.26 Å². The molecule has 0 bridgehead atoms. The van der Waals surface area contributed by atoms with Crippen LogP contribution in [0.2, 0.25) is 0 Å². The Kier molecular flexibility index (Phi) is 3.91. The lowest BCUT2D eigenvalue weighted by molar-refractivity contribution is 0.0593. The molecule has 4 N–H and O–H groups in total. The number of nitrogens with one attached hydrogen (secondary N) is 2. The van der Waals surface area contributed by atoms with Gasteiger partial charge in [0.2, 0.25) is 0 Å². The predicted octanol–water partition coefficient (Wildman–Crippen LogP) is 1.23. The molecule has 0 amide bonds. The molecule has 0 saturated heterocycles. The summed E-state index contributed by atoms with van der Waals surface area (Å²) in [6, 6.07) is 7.81. The first kappa shape index (κ1) is 14.9. The van der Waals surface area contributed by atoms with Crippen LogP contribution in [0, 0.1) is 11.3 Å². The SMILES string of the molecule is COC(=O)c1c(N)c(C#N)cn1-c1ccc2c(c1)NCCNC2. The number of ether oxygens (including phenoxy) is 1. The Hall–Kier alpha value is -2.98. The van der Waals surface area contributed by atoms with Gasteiger partial charge in [0.15, 0.2) is 5.69 Å². The first-order chi connectivity index (χ1) is 11.2. The zero-order valence-electron chi connectivity index (χ0n) is 12.7. The van der Waals surface area contributed by atoms with E-state index in [-0.39, 0.29) is 16.9 Å². The summed E-state index contributed by atoms with van der Waals surface area (Å²) < 4.78 is 6.39. The molecule has 23 heavy (non-hydrogen) atoms. The first-order valence-electron chi connectivity index (χ1n) is 7.23. The fourth-order valence-electron chi connectivity index (χ4n) is 2.66. The van der Waals surface area contributed by atoms with E-state index in [1.165, 1.54) is 7.11 Å². The molecule has 7 heteroatoms. The van der Waals surface area contributed by atoms with Gasteiger partial charge in [0, 0.05) is 37.2 Å². The number of nitriles is 1. The second-order valence-corrected chi connectivity index (χ2v) is 5.22. The summed E-state index contributed by atoms with van der Waals surface area (Å²) in [6.45, 7) is 2.48. The number of anilines is 2. The Morgan fingerprint density at radius 1 is 1.43 bits per heavy atom. The maximum atomic E-state index is 12.0. The molecule has 2 aromatic rings. The lowest BCUT2D eigenvalue weighted by Gasteiger charge is -2.13. The number of nitrogens with two attached hydrogens (primary N) is 1.